The second kappa shape index (κ2) is 7.65. The lowest BCUT2D eigenvalue weighted by Crippen LogP contribution is -2.31. The van der Waals surface area contributed by atoms with Crippen molar-refractivity contribution < 1.29 is 0 Å². The van der Waals surface area contributed by atoms with E-state index in [1.165, 1.54) is 0 Å². The Hall–Kier alpha value is 1.02. The quantitative estimate of drug-likeness (QED) is 0.484. The second-order valence-electron chi connectivity index (χ2n) is 2.86. The summed E-state index contributed by atoms with van der Waals surface area (Å²) in [5, 5.41) is 0. The first-order chi connectivity index (χ1) is 4.63. The van der Waals surface area contributed by atoms with E-state index in [4.69, 9.17) is 11.8 Å². The van der Waals surface area contributed by atoms with Crippen molar-refractivity contribution in [1.82, 2.24) is 4.42 Å². The van der Waals surface area contributed by atoms with Gasteiger partial charge in [-0.05, 0) is 38.5 Å². The van der Waals surface area contributed by atoms with Gasteiger partial charge < -0.3 is 0 Å². The fraction of sp³-hybridized carbons (Fsp3) is 1.00. The molecule has 0 amide bonds. The second-order valence-corrected chi connectivity index (χ2v) is 3.25. The molecule has 2 atom stereocenters. The molecule has 0 aromatic carbocycles. The van der Waals surface area contributed by atoms with Crippen LogP contribution in [-0.4, -0.2) is 39.6 Å². The van der Waals surface area contributed by atoms with Gasteiger partial charge in [-0.3, -0.25) is 0 Å². The summed E-state index contributed by atoms with van der Waals surface area (Å²) >= 11 is 6.02. The Balaban J connectivity index is 0. The van der Waals surface area contributed by atoms with Crippen LogP contribution < -0.4 is 0 Å². The number of halogens is 1. The van der Waals surface area contributed by atoms with E-state index >= 15 is 0 Å². The molecule has 0 aliphatic heterocycles. The van der Waals surface area contributed by atoms with Crippen molar-refractivity contribution in [1.29, 1.82) is 0 Å². The summed E-state index contributed by atoms with van der Waals surface area (Å²) < 4.78 is 1.92. The van der Waals surface area contributed by atoms with Gasteiger partial charge in [0.05, 0.1) is 0 Å². The summed E-state index contributed by atoms with van der Waals surface area (Å²) in [6, 6.07) is 0.994. The van der Waals surface area contributed by atoms with E-state index in [2.05, 4.69) is 27.7 Å². The molecule has 0 aliphatic rings. The minimum atomic E-state index is 0. The highest BCUT2D eigenvalue weighted by Crippen LogP contribution is 2.13. The number of rotatable bonds is 4. The Bertz CT molecular complexity index is 80.2. The van der Waals surface area contributed by atoms with Crippen molar-refractivity contribution in [2.45, 2.75) is 52.6 Å². The zero-order chi connectivity index (χ0) is 8.15. The Labute approximate surface area is 91.7 Å². The van der Waals surface area contributed by atoms with Gasteiger partial charge in [0.15, 0.2) is 0 Å². The molecule has 0 rings (SSSR count). The number of hydrogen-bond donors (Lipinski definition) is 0. The Morgan fingerprint density at radius 2 is 1.36 bits per heavy atom. The van der Waals surface area contributed by atoms with Crippen molar-refractivity contribution in [2.75, 3.05) is 0 Å². The largest absolute Gasteiger partial charge is 0.316 e. The molecule has 0 aromatic rings. The van der Waals surface area contributed by atoms with Gasteiger partial charge in [0, 0.05) is 12.1 Å². The van der Waals surface area contributed by atoms with Crippen LogP contribution in [0, 0.1) is 0 Å². The average Bonchev–Trinajstić information content (AvgIpc) is 2.00. The fourth-order valence-corrected chi connectivity index (χ4v) is 1.06. The SMILES string of the molecule is CCC(C)N(Cl)C(C)CC.[MgH2]. The van der Waals surface area contributed by atoms with Gasteiger partial charge in [0.1, 0.15) is 0 Å². The summed E-state index contributed by atoms with van der Waals surface area (Å²) in [5.74, 6) is 0. The van der Waals surface area contributed by atoms with Gasteiger partial charge in [-0.1, -0.05) is 13.8 Å². The smallest absolute Gasteiger partial charge is 0.215 e. The molecule has 0 aromatic heterocycles. The van der Waals surface area contributed by atoms with Gasteiger partial charge in [0.2, 0.25) is 0 Å². The average molecular weight is 190 g/mol. The van der Waals surface area contributed by atoms with E-state index in [9.17, 15) is 0 Å². The van der Waals surface area contributed by atoms with E-state index in [-0.39, 0.29) is 23.1 Å². The summed E-state index contributed by atoms with van der Waals surface area (Å²) in [4.78, 5) is 0. The zero-order valence-electron chi connectivity index (χ0n) is 7.39. The van der Waals surface area contributed by atoms with Crippen molar-refractivity contribution in [3.8, 4) is 0 Å². The van der Waals surface area contributed by atoms with Crippen LogP contribution in [0.15, 0.2) is 0 Å². The minimum Gasteiger partial charge on any atom is -0.215 e. The summed E-state index contributed by atoms with van der Waals surface area (Å²) in [6.07, 6.45) is 2.24. The predicted molar refractivity (Wildman–Crippen MR) is 55.7 cm³/mol. The molecule has 3 heteroatoms. The molecule has 0 saturated carbocycles. The van der Waals surface area contributed by atoms with Crippen LogP contribution in [0.25, 0.3) is 0 Å². The third kappa shape index (κ3) is 5.29. The fourth-order valence-electron chi connectivity index (χ4n) is 0.783. The predicted octanol–water partition coefficient (Wildman–Crippen LogP) is 2.12. The van der Waals surface area contributed by atoms with E-state index in [0.717, 1.165) is 12.8 Å². The molecule has 2 unspecified atom stereocenters. The van der Waals surface area contributed by atoms with Crippen molar-refractivity contribution >= 4 is 34.8 Å². The maximum Gasteiger partial charge on any atom is 0.316 e. The molecule has 11 heavy (non-hydrogen) atoms. The van der Waals surface area contributed by atoms with Crippen molar-refractivity contribution in [3.05, 3.63) is 0 Å². The van der Waals surface area contributed by atoms with Crippen molar-refractivity contribution in [3.63, 3.8) is 0 Å². The van der Waals surface area contributed by atoms with E-state index in [1.807, 2.05) is 4.42 Å². The first-order valence-corrected chi connectivity index (χ1v) is 4.41. The highest BCUT2D eigenvalue weighted by atomic mass is 35.5. The van der Waals surface area contributed by atoms with E-state index in [1.54, 1.807) is 0 Å². The minimum absolute atomic E-state index is 0. The van der Waals surface area contributed by atoms with Crippen molar-refractivity contribution in [2.24, 2.45) is 0 Å². The lowest BCUT2D eigenvalue weighted by Gasteiger charge is -2.25. The Morgan fingerprint density at radius 1 is 1.09 bits per heavy atom. The highest BCUT2D eigenvalue weighted by molar-refractivity contribution is 6.13. The van der Waals surface area contributed by atoms with Gasteiger partial charge in [0.25, 0.3) is 0 Å². The number of nitrogens with zero attached hydrogens (tertiary/aromatic N) is 1. The molecular formula is C8H20ClMgN. The molecule has 0 bridgehead atoms. The van der Waals surface area contributed by atoms with Gasteiger partial charge in [-0.15, -0.1) is 0 Å². The molecule has 0 heterocycles. The first kappa shape index (κ1) is 14.5. The molecule has 0 fully saturated rings. The van der Waals surface area contributed by atoms with Crippen LogP contribution in [0.3, 0.4) is 0 Å². The van der Waals surface area contributed by atoms with E-state index < -0.39 is 0 Å². The van der Waals surface area contributed by atoms with Crippen LogP contribution in [0.1, 0.15) is 40.5 Å². The highest BCUT2D eigenvalue weighted by Gasteiger charge is 2.13. The molecule has 0 spiro atoms. The van der Waals surface area contributed by atoms with Crippen LogP contribution in [0.4, 0.5) is 0 Å². The van der Waals surface area contributed by atoms with Gasteiger partial charge >= 0.3 is 23.1 Å². The standard InChI is InChI=1S/C8H18ClN.Mg.2H/c1-5-7(3)10(9)8(4)6-2;;;/h7-8H,5-6H2,1-4H3;;;. The van der Waals surface area contributed by atoms with Crippen LogP contribution >= 0.6 is 11.8 Å². The summed E-state index contributed by atoms with van der Waals surface area (Å²) in [5.41, 5.74) is 0. The molecular weight excluding hydrogens is 170 g/mol. The molecule has 0 saturated heterocycles. The van der Waals surface area contributed by atoms with Crippen LogP contribution in [0.2, 0.25) is 0 Å². The molecule has 1 nitrogen and oxygen atoms in total. The number of hydrogen-bond acceptors (Lipinski definition) is 1. The van der Waals surface area contributed by atoms with E-state index in [0.29, 0.717) is 12.1 Å². The maximum atomic E-state index is 6.02. The lowest BCUT2D eigenvalue weighted by molar-refractivity contribution is 0.276. The first-order valence-electron chi connectivity index (χ1n) is 4.07. The maximum absolute atomic E-state index is 6.02. The third-order valence-electron chi connectivity index (χ3n) is 2.02. The van der Waals surface area contributed by atoms with Gasteiger partial charge in [-0.25, -0.2) is 4.42 Å². The molecule has 0 N–H and O–H groups in total. The summed E-state index contributed by atoms with van der Waals surface area (Å²) in [7, 11) is 0. The Morgan fingerprint density at radius 3 is 1.55 bits per heavy atom. The summed E-state index contributed by atoms with van der Waals surface area (Å²) in [6.45, 7) is 8.61. The molecule has 66 valence electrons. The monoisotopic (exact) mass is 189 g/mol. The van der Waals surface area contributed by atoms with Crippen LogP contribution in [0.5, 0.6) is 0 Å². The molecule has 0 radical (unpaired) electrons. The van der Waals surface area contributed by atoms with Crippen LogP contribution in [-0.2, 0) is 0 Å². The zero-order valence-corrected chi connectivity index (χ0v) is 8.15. The Kier molecular flexibility index (Phi) is 10.1. The normalized spacial score (nSPS) is 15.8. The van der Waals surface area contributed by atoms with Gasteiger partial charge in [-0.2, -0.15) is 0 Å². The third-order valence-corrected chi connectivity index (χ3v) is 2.69. The lowest BCUT2D eigenvalue weighted by atomic mass is 10.2. The topological polar surface area (TPSA) is 3.24 Å². The molecule has 0 aliphatic carbocycles.